The molecule has 0 atom stereocenters. The Balaban J connectivity index is 1.63. The molecule has 8 heteroatoms. The minimum atomic E-state index is -0.592. The number of halogens is 2. The number of methoxy groups -OCH3 is 1. The molecule has 0 aliphatic carbocycles. The maximum atomic E-state index is 12.5. The highest BCUT2D eigenvalue weighted by Gasteiger charge is 2.26. The second-order valence-corrected chi connectivity index (χ2v) is 8.37. The van der Waals surface area contributed by atoms with Crippen molar-refractivity contribution in [2.45, 2.75) is 6.92 Å². The van der Waals surface area contributed by atoms with Gasteiger partial charge in [-0.05, 0) is 70.9 Å². The van der Waals surface area contributed by atoms with E-state index in [1.807, 2.05) is 37.3 Å². The topological polar surface area (TPSA) is 74.2 Å². The van der Waals surface area contributed by atoms with Crippen LogP contribution in [-0.2, 0) is 9.53 Å². The van der Waals surface area contributed by atoms with Crippen molar-refractivity contribution in [3.63, 3.8) is 0 Å². The Labute approximate surface area is 203 Å². The van der Waals surface area contributed by atoms with Crippen LogP contribution in [0.4, 0.5) is 0 Å². The molecule has 1 heterocycles. The number of carbonyl (C=O) groups is 2. The molecule has 0 N–H and O–H groups in total. The summed E-state index contributed by atoms with van der Waals surface area (Å²) in [6.07, 6.45) is 1.52. The smallest absolute Gasteiger partial charge is 0.363 e. The molecule has 4 rings (SSSR count). The van der Waals surface area contributed by atoms with E-state index < -0.39 is 11.9 Å². The average molecular weight is 527 g/mol. The molecule has 0 bridgehead atoms. The fourth-order valence-electron chi connectivity index (χ4n) is 3.08. The summed E-state index contributed by atoms with van der Waals surface area (Å²) < 4.78 is 16.9. The number of hydrogen-bond donors (Lipinski definition) is 0. The van der Waals surface area contributed by atoms with Gasteiger partial charge in [-0.25, -0.2) is 14.6 Å². The Morgan fingerprint density at radius 2 is 1.85 bits per heavy atom. The van der Waals surface area contributed by atoms with Crippen LogP contribution >= 0.6 is 27.5 Å². The fraction of sp³-hybridized carbons (Fsp3) is 0.0800. The molecule has 0 aromatic heterocycles. The number of benzene rings is 3. The maximum Gasteiger partial charge on any atom is 0.363 e. The standard InChI is InChI=1S/C25H17BrClNO5/c1-14-7-9-16(10-8-14)24(29)32-22-19(27)11-15(13-21(22)31-2)12-20-25(30)33-23(28-20)17-5-3-4-6-18(17)26/h3-13H,1-2H3/b20-12-. The summed E-state index contributed by atoms with van der Waals surface area (Å²) in [5.74, 6) is -0.649. The monoisotopic (exact) mass is 525 g/mol. The lowest BCUT2D eigenvalue weighted by molar-refractivity contribution is -0.129. The van der Waals surface area contributed by atoms with Crippen molar-refractivity contribution >= 4 is 51.4 Å². The molecule has 0 amide bonds. The van der Waals surface area contributed by atoms with Gasteiger partial charge in [0.05, 0.1) is 23.3 Å². The predicted octanol–water partition coefficient (Wildman–Crippen LogP) is 5.98. The molecule has 1 aliphatic rings. The van der Waals surface area contributed by atoms with Gasteiger partial charge in [0.15, 0.2) is 17.2 Å². The number of rotatable bonds is 5. The van der Waals surface area contributed by atoms with Crippen LogP contribution in [0.25, 0.3) is 6.08 Å². The summed E-state index contributed by atoms with van der Waals surface area (Å²) in [6, 6.07) is 17.4. The molecule has 0 radical (unpaired) electrons. The summed E-state index contributed by atoms with van der Waals surface area (Å²) in [4.78, 5) is 29.2. The molecule has 1 aliphatic heterocycles. The quantitative estimate of drug-likeness (QED) is 0.232. The first-order chi connectivity index (χ1) is 15.9. The van der Waals surface area contributed by atoms with Gasteiger partial charge in [0.2, 0.25) is 5.90 Å². The van der Waals surface area contributed by atoms with Crippen LogP contribution in [-0.4, -0.2) is 24.9 Å². The van der Waals surface area contributed by atoms with Crippen LogP contribution in [0, 0.1) is 6.92 Å². The third kappa shape index (κ3) is 4.99. The number of carbonyl (C=O) groups excluding carboxylic acids is 2. The molecule has 3 aromatic rings. The van der Waals surface area contributed by atoms with Gasteiger partial charge in [0, 0.05) is 4.47 Å². The molecule has 0 saturated heterocycles. The van der Waals surface area contributed by atoms with Crippen LogP contribution in [0.1, 0.15) is 27.0 Å². The number of cyclic esters (lactones) is 1. The first kappa shape index (κ1) is 22.8. The summed E-state index contributed by atoms with van der Waals surface area (Å²) in [5.41, 5.74) is 2.69. The molecule has 33 heavy (non-hydrogen) atoms. The number of ether oxygens (including phenoxy) is 3. The number of aryl methyl sites for hydroxylation is 1. The highest BCUT2D eigenvalue weighted by molar-refractivity contribution is 9.10. The van der Waals surface area contributed by atoms with Crippen molar-refractivity contribution in [1.29, 1.82) is 0 Å². The highest BCUT2D eigenvalue weighted by atomic mass is 79.9. The average Bonchev–Trinajstić information content (AvgIpc) is 3.15. The molecule has 166 valence electrons. The zero-order valence-electron chi connectivity index (χ0n) is 17.6. The summed E-state index contributed by atoms with van der Waals surface area (Å²) in [5, 5.41) is 0.142. The van der Waals surface area contributed by atoms with Gasteiger partial charge in [-0.15, -0.1) is 0 Å². The Morgan fingerprint density at radius 3 is 2.55 bits per heavy atom. The zero-order valence-corrected chi connectivity index (χ0v) is 19.9. The van der Waals surface area contributed by atoms with Crippen molar-refractivity contribution in [2.24, 2.45) is 4.99 Å². The zero-order chi connectivity index (χ0) is 23.5. The van der Waals surface area contributed by atoms with Gasteiger partial charge in [-0.1, -0.05) is 41.4 Å². The number of hydrogen-bond acceptors (Lipinski definition) is 6. The first-order valence-corrected chi connectivity index (χ1v) is 11.0. The van der Waals surface area contributed by atoms with Gasteiger partial charge < -0.3 is 14.2 Å². The van der Waals surface area contributed by atoms with E-state index in [1.165, 1.54) is 13.2 Å². The lowest BCUT2D eigenvalue weighted by atomic mass is 10.1. The lowest BCUT2D eigenvalue weighted by Crippen LogP contribution is -2.09. The van der Waals surface area contributed by atoms with E-state index in [2.05, 4.69) is 20.9 Å². The van der Waals surface area contributed by atoms with Crippen LogP contribution in [0.2, 0.25) is 5.02 Å². The molecule has 0 spiro atoms. The fourth-order valence-corrected chi connectivity index (χ4v) is 3.79. The summed E-state index contributed by atoms with van der Waals surface area (Å²) >= 11 is 9.81. The van der Waals surface area contributed by atoms with Gasteiger partial charge in [0.25, 0.3) is 0 Å². The molecule has 0 unspecified atom stereocenters. The summed E-state index contributed by atoms with van der Waals surface area (Å²) in [7, 11) is 1.43. The van der Waals surface area contributed by atoms with Crippen molar-refractivity contribution in [3.05, 3.63) is 98.1 Å². The van der Waals surface area contributed by atoms with E-state index in [0.717, 1.165) is 10.0 Å². The summed E-state index contributed by atoms with van der Waals surface area (Å²) in [6.45, 7) is 1.92. The number of aliphatic imine (C=N–C) groups is 1. The minimum absolute atomic E-state index is 0.0818. The Morgan fingerprint density at radius 1 is 1.12 bits per heavy atom. The lowest BCUT2D eigenvalue weighted by Gasteiger charge is -2.12. The third-order valence-corrected chi connectivity index (χ3v) is 5.73. The van der Waals surface area contributed by atoms with Crippen LogP contribution in [0.5, 0.6) is 11.5 Å². The van der Waals surface area contributed by atoms with Crippen molar-refractivity contribution in [3.8, 4) is 11.5 Å². The van der Waals surface area contributed by atoms with Crippen LogP contribution < -0.4 is 9.47 Å². The molecule has 3 aromatic carbocycles. The highest BCUT2D eigenvalue weighted by Crippen LogP contribution is 2.38. The molecular weight excluding hydrogens is 510 g/mol. The van der Waals surface area contributed by atoms with E-state index >= 15 is 0 Å². The Kier molecular flexibility index (Phi) is 6.62. The van der Waals surface area contributed by atoms with E-state index in [4.69, 9.17) is 25.8 Å². The van der Waals surface area contributed by atoms with Gasteiger partial charge >= 0.3 is 11.9 Å². The van der Waals surface area contributed by atoms with Crippen molar-refractivity contribution < 1.29 is 23.8 Å². The second-order valence-electron chi connectivity index (χ2n) is 7.11. The van der Waals surface area contributed by atoms with Crippen molar-refractivity contribution in [2.75, 3.05) is 7.11 Å². The van der Waals surface area contributed by atoms with E-state index in [-0.39, 0.29) is 28.1 Å². The van der Waals surface area contributed by atoms with E-state index in [9.17, 15) is 9.59 Å². The van der Waals surface area contributed by atoms with Crippen molar-refractivity contribution in [1.82, 2.24) is 0 Å². The third-order valence-electron chi connectivity index (χ3n) is 4.76. The SMILES string of the molecule is COc1cc(/C=C2\N=C(c3ccccc3Br)OC2=O)cc(Cl)c1OC(=O)c1ccc(C)cc1. The number of esters is 2. The van der Waals surface area contributed by atoms with Gasteiger partial charge in [-0.2, -0.15) is 0 Å². The molecule has 6 nitrogen and oxygen atoms in total. The van der Waals surface area contributed by atoms with Crippen LogP contribution in [0.15, 0.2) is 75.8 Å². The van der Waals surface area contributed by atoms with Gasteiger partial charge in [0.1, 0.15) is 0 Å². The second kappa shape index (κ2) is 9.60. The van der Waals surface area contributed by atoms with E-state index in [0.29, 0.717) is 16.7 Å². The maximum absolute atomic E-state index is 12.5. The Hall–Kier alpha value is -3.42. The predicted molar refractivity (Wildman–Crippen MR) is 129 cm³/mol. The minimum Gasteiger partial charge on any atom is -0.493 e. The molecular formula is C25H17BrClNO5. The molecule has 0 fully saturated rings. The van der Waals surface area contributed by atoms with E-state index in [1.54, 1.807) is 30.3 Å². The van der Waals surface area contributed by atoms with Gasteiger partial charge in [-0.3, -0.25) is 0 Å². The molecule has 0 saturated carbocycles. The van der Waals surface area contributed by atoms with Crippen LogP contribution in [0.3, 0.4) is 0 Å². The normalized spacial score (nSPS) is 14.1. The number of nitrogens with zero attached hydrogens (tertiary/aromatic N) is 1. The largest absolute Gasteiger partial charge is 0.493 e. The Bertz CT molecular complexity index is 1310. The first-order valence-electron chi connectivity index (χ1n) is 9.79.